The third-order valence-electron chi connectivity index (χ3n) is 5.21. The van der Waals surface area contributed by atoms with Crippen LogP contribution >= 0.6 is 22.9 Å². The molecule has 164 valence electrons. The van der Waals surface area contributed by atoms with E-state index in [4.69, 9.17) is 11.6 Å². The van der Waals surface area contributed by atoms with Crippen LogP contribution in [-0.2, 0) is 21.4 Å². The third kappa shape index (κ3) is 4.78. The fraction of sp³-hybridized carbons (Fsp3) is 0.333. The minimum Gasteiger partial charge on any atom is -0.341 e. The Balaban J connectivity index is 1.67. The average molecular weight is 479 g/mol. The van der Waals surface area contributed by atoms with Gasteiger partial charge in [0.2, 0.25) is 5.91 Å². The zero-order valence-corrected chi connectivity index (χ0v) is 19.6. The Bertz CT molecular complexity index is 1230. The molecule has 0 spiro atoms. The van der Waals surface area contributed by atoms with Crippen LogP contribution in [0.3, 0.4) is 0 Å². The molecule has 0 saturated carbocycles. The third-order valence-corrected chi connectivity index (χ3v) is 7.95. The molecule has 3 heterocycles. The zero-order valence-electron chi connectivity index (χ0n) is 17.3. The van der Waals surface area contributed by atoms with Gasteiger partial charge >= 0.3 is 0 Å². The number of sulfonamides is 1. The highest BCUT2D eigenvalue weighted by atomic mass is 35.5. The summed E-state index contributed by atoms with van der Waals surface area (Å²) in [5, 5.41) is 3.05. The summed E-state index contributed by atoms with van der Waals surface area (Å²) in [6, 6.07) is 6.56. The molecule has 0 aliphatic carbocycles. The minimum absolute atomic E-state index is 0.0233. The summed E-state index contributed by atoms with van der Waals surface area (Å²) >= 11 is 7.55. The molecule has 2 aromatic heterocycles. The van der Waals surface area contributed by atoms with Crippen molar-refractivity contribution in [2.24, 2.45) is 0 Å². The lowest BCUT2D eigenvalue weighted by atomic mass is 10.2. The maximum atomic E-state index is 13.1. The maximum absolute atomic E-state index is 13.1. The monoisotopic (exact) mass is 478 g/mol. The van der Waals surface area contributed by atoms with Crippen LogP contribution in [0.5, 0.6) is 0 Å². The lowest BCUT2D eigenvalue weighted by Gasteiger charge is -2.16. The van der Waals surface area contributed by atoms with Gasteiger partial charge in [0.1, 0.15) is 16.4 Å². The SMILES string of the molecule is Cc1csc(-c2cc(S(=O)(=O)Nc3ccc(C)c(Cl)c3)cn2CC(=O)N2CCCC2)n1. The number of thiazole rings is 1. The molecule has 1 aromatic carbocycles. The molecular weight excluding hydrogens is 456 g/mol. The Hall–Kier alpha value is -2.36. The van der Waals surface area contributed by atoms with Crippen molar-refractivity contribution in [1.82, 2.24) is 14.5 Å². The van der Waals surface area contributed by atoms with Gasteiger partial charge in [-0.2, -0.15) is 0 Å². The van der Waals surface area contributed by atoms with Crippen molar-refractivity contribution in [1.29, 1.82) is 0 Å². The lowest BCUT2D eigenvalue weighted by molar-refractivity contribution is -0.130. The first-order chi connectivity index (χ1) is 14.7. The van der Waals surface area contributed by atoms with E-state index >= 15 is 0 Å². The second-order valence-electron chi connectivity index (χ2n) is 7.64. The van der Waals surface area contributed by atoms with Crippen LogP contribution in [0.15, 0.2) is 40.7 Å². The van der Waals surface area contributed by atoms with Gasteiger partial charge in [-0.25, -0.2) is 13.4 Å². The molecule has 1 fully saturated rings. The molecule has 1 aliphatic heterocycles. The minimum atomic E-state index is -3.88. The largest absolute Gasteiger partial charge is 0.341 e. The van der Waals surface area contributed by atoms with Crippen molar-refractivity contribution in [3.63, 3.8) is 0 Å². The summed E-state index contributed by atoms with van der Waals surface area (Å²) in [4.78, 5) is 19.1. The van der Waals surface area contributed by atoms with Gasteiger partial charge in [-0.15, -0.1) is 11.3 Å². The number of carbonyl (C=O) groups excluding carboxylic acids is 1. The van der Waals surface area contributed by atoms with E-state index in [2.05, 4.69) is 9.71 Å². The molecule has 0 atom stereocenters. The molecule has 1 N–H and O–H groups in total. The molecule has 0 radical (unpaired) electrons. The second kappa shape index (κ2) is 8.64. The van der Waals surface area contributed by atoms with Crippen LogP contribution in [0.1, 0.15) is 24.1 Å². The fourth-order valence-electron chi connectivity index (χ4n) is 3.49. The van der Waals surface area contributed by atoms with Crippen LogP contribution in [-0.4, -0.2) is 41.9 Å². The quantitative estimate of drug-likeness (QED) is 0.572. The molecule has 1 amide bonds. The number of carbonyl (C=O) groups is 1. The molecule has 3 aromatic rings. The lowest BCUT2D eigenvalue weighted by Crippen LogP contribution is -2.31. The van der Waals surface area contributed by atoms with Gasteiger partial charge in [0, 0.05) is 35.4 Å². The summed E-state index contributed by atoms with van der Waals surface area (Å²) in [5.74, 6) is -0.0233. The van der Waals surface area contributed by atoms with Gasteiger partial charge < -0.3 is 9.47 Å². The predicted octanol–water partition coefficient (Wildman–Crippen LogP) is 4.31. The Kier molecular flexibility index (Phi) is 6.09. The van der Waals surface area contributed by atoms with E-state index in [1.165, 1.54) is 17.5 Å². The van der Waals surface area contributed by atoms with E-state index in [1.807, 2.05) is 24.1 Å². The predicted molar refractivity (Wildman–Crippen MR) is 123 cm³/mol. The highest BCUT2D eigenvalue weighted by molar-refractivity contribution is 7.92. The molecular formula is C21H23ClN4O3S2. The number of amides is 1. The van der Waals surface area contributed by atoms with Gasteiger partial charge in [-0.3, -0.25) is 9.52 Å². The average Bonchev–Trinajstić information content (AvgIpc) is 3.45. The molecule has 31 heavy (non-hydrogen) atoms. The van der Waals surface area contributed by atoms with Crippen LogP contribution < -0.4 is 4.72 Å². The Morgan fingerprint density at radius 3 is 2.61 bits per heavy atom. The van der Waals surface area contributed by atoms with Crippen molar-refractivity contribution in [2.45, 2.75) is 38.1 Å². The van der Waals surface area contributed by atoms with E-state index in [-0.39, 0.29) is 17.3 Å². The normalized spacial score (nSPS) is 14.2. The van der Waals surface area contributed by atoms with Crippen molar-refractivity contribution in [3.05, 3.63) is 52.1 Å². The van der Waals surface area contributed by atoms with Gasteiger partial charge in [-0.05, 0) is 50.5 Å². The zero-order chi connectivity index (χ0) is 22.2. The van der Waals surface area contributed by atoms with Crippen LogP contribution in [0.25, 0.3) is 10.7 Å². The van der Waals surface area contributed by atoms with E-state index in [0.717, 1.165) is 37.2 Å². The number of benzene rings is 1. The Morgan fingerprint density at radius 1 is 1.23 bits per heavy atom. The smallest absolute Gasteiger partial charge is 0.263 e. The van der Waals surface area contributed by atoms with E-state index < -0.39 is 10.0 Å². The van der Waals surface area contributed by atoms with Crippen LogP contribution in [0.4, 0.5) is 5.69 Å². The van der Waals surface area contributed by atoms with Crippen molar-refractivity contribution in [2.75, 3.05) is 17.8 Å². The number of aryl methyl sites for hydroxylation is 2. The summed E-state index contributed by atoms with van der Waals surface area (Å²) in [6.07, 6.45) is 3.50. The van der Waals surface area contributed by atoms with Gasteiger partial charge in [0.15, 0.2) is 0 Å². The molecule has 1 aliphatic rings. The highest BCUT2D eigenvalue weighted by Gasteiger charge is 2.24. The number of likely N-dealkylation sites (tertiary alicyclic amines) is 1. The first kappa shape index (κ1) is 21.9. The van der Waals surface area contributed by atoms with Crippen molar-refractivity contribution in [3.8, 4) is 10.7 Å². The number of hydrogen-bond donors (Lipinski definition) is 1. The van der Waals surface area contributed by atoms with E-state index in [1.54, 1.807) is 28.8 Å². The van der Waals surface area contributed by atoms with Crippen LogP contribution in [0.2, 0.25) is 5.02 Å². The maximum Gasteiger partial charge on any atom is 0.263 e. The van der Waals surface area contributed by atoms with Crippen molar-refractivity contribution < 1.29 is 13.2 Å². The summed E-state index contributed by atoms with van der Waals surface area (Å²) in [7, 11) is -3.88. The molecule has 0 bridgehead atoms. The Morgan fingerprint density at radius 2 is 1.97 bits per heavy atom. The molecule has 0 unspecified atom stereocenters. The molecule has 7 nitrogen and oxygen atoms in total. The topological polar surface area (TPSA) is 84.3 Å². The molecule has 10 heteroatoms. The van der Waals surface area contributed by atoms with E-state index in [9.17, 15) is 13.2 Å². The summed E-state index contributed by atoms with van der Waals surface area (Å²) in [6.45, 7) is 5.28. The number of nitrogens with one attached hydrogen (secondary N) is 1. The number of rotatable bonds is 6. The highest BCUT2D eigenvalue weighted by Crippen LogP contribution is 2.30. The summed E-state index contributed by atoms with van der Waals surface area (Å²) < 4.78 is 30.4. The number of anilines is 1. The molecule has 4 rings (SSSR count). The number of nitrogens with zero attached hydrogens (tertiary/aromatic N) is 3. The van der Waals surface area contributed by atoms with Crippen LogP contribution in [0, 0.1) is 13.8 Å². The Labute approximate surface area is 190 Å². The van der Waals surface area contributed by atoms with Gasteiger partial charge in [0.25, 0.3) is 10.0 Å². The summed E-state index contributed by atoms with van der Waals surface area (Å²) in [5.41, 5.74) is 2.68. The first-order valence-electron chi connectivity index (χ1n) is 9.92. The first-order valence-corrected chi connectivity index (χ1v) is 12.7. The fourth-order valence-corrected chi connectivity index (χ4v) is 5.59. The van der Waals surface area contributed by atoms with Crippen molar-refractivity contribution >= 4 is 44.6 Å². The van der Waals surface area contributed by atoms with Gasteiger partial charge in [0.05, 0.1) is 11.4 Å². The number of aromatic nitrogens is 2. The number of halogens is 1. The number of hydrogen-bond acceptors (Lipinski definition) is 5. The molecule has 1 saturated heterocycles. The second-order valence-corrected chi connectivity index (χ2v) is 10.6. The van der Waals surface area contributed by atoms with Gasteiger partial charge in [-0.1, -0.05) is 17.7 Å². The van der Waals surface area contributed by atoms with E-state index in [0.29, 0.717) is 21.4 Å². The standard InChI is InChI=1S/C21H23ClN4O3S2/c1-14-5-6-16(9-18(14)22)24-31(28,29)17-10-19(21-23-15(2)13-30-21)26(11-17)12-20(27)25-7-3-4-8-25/h5-6,9-11,13,24H,3-4,7-8,12H2,1-2H3.